The molecule has 0 bridgehead atoms. The number of carboxylic acids is 2. The largest absolute Gasteiger partial charge is 0.473 e. The molecule has 1 aromatic carbocycles. The molecule has 1 saturated carbocycles. The van der Waals surface area contributed by atoms with Crippen LogP contribution in [0.4, 0.5) is 5.69 Å². The highest BCUT2D eigenvalue weighted by molar-refractivity contribution is 6.27. The van der Waals surface area contributed by atoms with Gasteiger partial charge in [-0.1, -0.05) is 18.2 Å². The molecular formula is C18H23N3O4. The molecule has 1 fully saturated rings. The molecule has 1 aromatic rings. The Morgan fingerprint density at radius 1 is 1.20 bits per heavy atom. The first-order valence-corrected chi connectivity index (χ1v) is 8.62. The maximum Gasteiger partial charge on any atom is 0.414 e. The zero-order valence-electron chi connectivity index (χ0n) is 14.0. The summed E-state index contributed by atoms with van der Waals surface area (Å²) in [6.45, 7) is 4.35. The Hall–Kier alpha value is -2.57. The molecular weight excluding hydrogens is 322 g/mol. The van der Waals surface area contributed by atoms with E-state index in [2.05, 4.69) is 39.5 Å². The number of carboxylic acid groups (broad SMARTS) is 2. The molecule has 1 atom stereocenters. The summed E-state index contributed by atoms with van der Waals surface area (Å²) in [5, 5.41) is 18.3. The number of hydrogen-bond acceptors (Lipinski definition) is 5. The van der Waals surface area contributed by atoms with E-state index in [0.717, 1.165) is 32.0 Å². The lowest BCUT2D eigenvalue weighted by atomic mass is 9.91. The van der Waals surface area contributed by atoms with Gasteiger partial charge in [-0.15, -0.1) is 0 Å². The summed E-state index contributed by atoms with van der Waals surface area (Å²) >= 11 is 0. The first-order valence-electron chi connectivity index (χ1n) is 8.62. The summed E-state index contributed by atoms with van der Waals surface area (Å²) < 4.78 is 0. The monoisotopic (exact) mass is 345 g/mol. The predicted molar refractivity (Wildman–Crippen MR) is 94.1 cm³/mol. The number of amidine groups is 1. The summed E-state index contributed by atoms with van der Waals surface area (Å²) in [4.78, 5) is 25.4. The van der Waals surface area contributed by atoms with Crippen LogP contribution < -0.4 is 10.2 Å². The molecule has 25 heavy (non-hydrogen) atoms. The van der Waals surface area contributed by atoms with Gasteiger partial charge in [-0.25, -0.2) is 9.59 Å². The highest BCUT2D eigenvalue weighted by atomic mass is 16.4. The SMILES string of the molecule is O=C(O)C(=O)O.c1ccc2c(c1)CC(C1=NCCN1)CN2CC1CC1. The fourth-order valence-electron chi connectivity index (χ4n) is 3.34. The van der Waals surface area contributed by atoms with Gasteiger partial charge < -0.3 is 20.4 Å². The van der Waals surface area contributed by atoms with Crippen LogP contribution >= 0.6 is 0 Å². The maximum absolute atomic E-state index is 9.10. The van der Waals surface area contributed by atoms with Gasteiger partial charge in [0.2, 0.25) is 0 Å². The van der Waals surface area contributed by atoms with Gasteiger partial charge >= 0.3 is 11.9 Å². The van der Waals surface area contributed by atoms with Gasteiger partial charge in [0.05, 0.1) is 6.54 Å². The number of aliphatic imine (C=N–C) groups is 1. The first-order chi connectivity index (χ1) is 12.0. The number of benzene rings is 1. The quantitative estimate of drug-likeness (QED) is 0.712. The lowest BCUT2D eigenvalue weighted by Gasteiger charge is -2.36. The molecule has 1 aliphatic carbocycles. The summed E-state index contributed by atoms with van der Waals surface area (Å²) in [5.41, 5.74) is 2.96. The van der Waals surface area contributed by atoms with Crippen LogP contribution in [-0.4, -0.2) is 54.2 Å². The van der Waals surface area contributed by atoms with E-state index in [-0.39, 0.29) is 0 Å². The number of hydrogen-bond donors (Lipinski definition) is 3. The van der Waals surface area contributed by atoms with Gasteiger partial charge in [-0.05, 0) is 36.8 Å². The van der Waals surface area contributed by atoms with Crippen molar-refractivity contribution in [2.75, 3.05) is 31.1 Å². The standard InChI is InChI=1S/C16H21N3.C2H2O4/c1-2-4-15-13(3-1)9-14(16-17-7-8-18-16)11-19(15)10-12-5-6-12;3-1(4)2(5)6/h1-4,12,14H,5-11H2,(H,17,18);(H,3,4)(H,5,6). The van der Waals surface area contributed by atoms with E-state index in [1.54, 1.807) is 0 Å². The second kappa shape index (κ2) is 7.55. The molecule has 3 aliphatic rings. The summed E-state index contributed by atoms with van der Waals surface area (Å²) in [6, 6.07) is 8.92. The van der Waals surface area contributed by atoms with E-state index >= 15 is 0 Å². The van der Waals surface area contributed by atoms with Crippen molar-refractivity contribution >= 4 is 23.5 Å². The predicted octanol–water partition coefficient (Wildman–Crippen LogP) is 1.23. The van der Waals surface area contributed by atoms with E-state index in [1.807, 2.05) is 0 Å². The van der Waals surface area contributed by atoms with Crippen LogP contribution in [-0.2, 0) is 16.0 Å². The van der Waals surface area contributed by atoms with E-state index in [9.17, 15) is 0 Å². The number of anilines is 1. The minimum Gasteiger partial charge on any atom is -0.473 e. The summed E-state index contributed by atoms with van der Waals surface area (Å²) in [7, 11) is 0. The number of nitrogens with zero attached hydrogens (tertiary/aromatic N) is 2. The van der Waals surface area contributed by atoms with Gasteiger partial charge in [-0.3, -0.25) is 4.99 Å². The number of nitrogens with one attached hydrogen (secondary N) is 1. The summed E-state index contributed by atoms with van der Waals surface area (Å²) in [6.07, 6.45) is 3.98. The summed E-state index contributed by atoms with van der Waals surface area (Å²) in [5.74, 6) is -0.901. The topological polar surface area (TPSA) is 102 Å². The van der Waals surface area contributed by atoms with E-state index in [1.165, 1.54) is 36.5 Å². The lowest BCUT2D eigenvalue weighted by Crippen LogP contribution is -2.43. The molecule has 2 heterocycles. The number of aliphatic carboxylic acids is 2. The third-order valence-corrected chi connectivity index (χ3v) is 4.68. The van der Waals surface area contributed by atoms with Crippen molar-refractivity contribution in [2.45, 2.75) is 19.3 Å². The Kier molecular flexibility index (Phi) is 5.21. The van der Waals surface area contributed by atoms with Gasteiger partial charge in [0, 0.05) is 31.2 Å². The third-order valence-electron chi connectivity index (χ3n) is 4.68. The van der Waals surface area contributed by atoms with Crippen molar-refractivity contribution in [3.63, 3.8) is 0 Å². The second-order valence-corrected chi connectivity index (χ2v) is 6.68. The van der Waals surface area contributed by atoms with Crippen LogP contribution in [0.5, 0.6) is 0 Å². The molecule has 0 saturated heterocycles. The average molecular weight is 345 g/mol. The first kappa shape index (κ1) is 17.3. The van der Waals surface area contributed by atoms with Crippen LogP contribution in [0.3, 0.4) is 0 Å². The zero-order chi connectivity index (χ0) is 17.8. The Bertz CT molecular complexity index is 673. The molecule has 134 valence electrons. The van der Waals surface area contributed by atoms with Gasteiger partial charge in [0.15, 0.2) is 0 Å². The molecule has 1 unspecified atom stereocenters. The Labute approximate surface area is 146 Å². The van der Waals surface area contributed by atoms with Crippen molar-refractivity contribution in [1.82, 2.24) is 5.32 Å². The molecule has 7 nitrogen and oxygen atoms in total. The Morgan fingerprint density at radius 3 is 2.52 bits per heavy atom. The number of carbonyl (C=O) groups is 2. The van der Waals surface area contributed by atoms with Crippen LogP contribution in [0, 0.1) is 11.8 Å². The van der Waals surface area contributed by atoms with Crippen molar-refractivity contribution in [3.8, 4) is 0 Å². The smallest absolute Gasteiger partial charge is 0.414 e. The Balaban J connectivity index is 0.000000265. The third kappa shape index (κ3) is 4.49. The van der Waals surface area contributed by atoms with Gasteiger partial charge in [0.1, 0.15) is 5.84 Å². The zero-order valence-corrected chi connectivity index (χ0v) is 14.0. The van der Waals surface area contributed by atoms with Crippen LogP contribution in [0.15, 0.2) is 29.3 Å². The van der Waals surface area contributed by atoms with E-state index in [4.69, 9.17) is 19.8 Å². The van der Waals surface area contributed by atoms with E-state index in [0.29, 0.717) is 5.92 Å². The van der Waals surface area contributed by atoms with Crippen molar-refractivity contribution in [3.05, 3.63) is 29.8 Å². The fourth-order valence-corrected chi connectivity index (χ4v) is 3.34. The minimum atomic E-state index is -1.82. The average Bonchev–Trinajstić information content (AvgIpc) is 3.24. The fraction of sp³-hybridized carbons (Fsp3) is 0.500. The van der Waals surface area contributed by atoms with Crippen LogP contribution in [0.2, 0.25) is 0 Å². The van der Waals surface area contributed by atoms with Gasteiger partial charge in [-0.2, -0.15) is 0 Å². The molecule has 2 aliphatic heterocycles. The molecule has 4 rings (SSSR count). The van der Waals surface area contributed by atoms with Crippen molar-refractivity contribution < 1.29 is 19.8 Å². The number of para-hydroxylation sites is 1. The van der Waals surface area contributed by atoms with Gasteiger partial charge in [0.25, 0.3) is 0 Å². The second-order valence-electron chi connectivity index (χ2n) is 6.68. The molecule has 3 N–H and O–H groups in total. The molecule has 0 spiro atoms. The molecule has 0 aromatic heterocycles. The highest BCUT2D eigenvalue weighted by Gasteiger charge is 2.32. The van der Waals surface area contributed by atoms with E-state index < -0.39 is 11.9 Å². The minimum absolute atomic E-state index is 0.566. The van der Waals surface area contributed by atoms with Crippen molar-refractivity contribution in [2.24, 2.45) is 16.8 Å². The Morgan fingerprint density at radius 2 is 1.92 bits per heavy atom. The molecule has 0 amide bonds. The van der Waals surface area contributed by atoms with Crippen LogP contribution in [0.1, 0.15) is 18.4 Å². The normalized spacial score (nSPS) is 21.4. The highest BCUT2D eigenvalue weighted by Crippen LogP contribution is 2.36. The number of rotatable bonds is 3. The number of fused-ring (bicyclic) bond motifs is 1. The molecule has 7 heteroatoms. The molecule has 0 radical (unpaired) electrons. The van der Waals surface area contributed by atoms with Crippen LogP contribution in [0.25, 0.3) is 0 Å². The maximum atomic E-state index is 9.10. The lowest BCUT2D eigenvalue weighted by molar-refractivity contribution is -0.159. The van der Waals surface area contributed by atoms with Crippen molar-refractivity contribution in [1.29, 1.82) is 0 Å².